The van der Waals surface area contributed by atoms with Gasteiger partial charge in [-0.2, -0.15) is 0 Å². The van der Waals surface area contributed by atoms with Crippen LogP contribution in [0.2, 0.25) is 0 Å². The molecule has 2 atom stereocenters. The number of carbonyl (C=O) groups excluding carboxylic acids is 1. The Hall–Kier alpha value is -1.10. The Morgan fingerprint density at radius 2 is 2.06 bits per heavy atom. The van der Waals surface area contributed by atoms with E-state index >= 15 is 0 Å². The van der Waals surface area contributed by atoms with Crippen molar-refractivity contribution in [3.63, 3.8) is 0 Å². The van der Waals surface area contributed by atoms with Crippen LogP contribution in [-0.4, -0.2) is 47.2 Å². The number of fused-ring (bicyclic) bond motifs is 1. The predicted octanol–water partition coefficient (Wildman–Crippen LogP) is 0.631. The minimum atomic E-state index is -1.05. The maximum absolute atomic E-state index is 11.8. The minimum Gasteiger partial charge on any atom is -0.481 e. The fraction of sp³-hybridized carbons (Fsp3) is 0.818. The normalized spacial score (nSPS) is 29.6. The molecule has 16 heavy (non-hydrogen) atoms. The van der Waals surface area contributed by atoms with Crippen molar-refractivity contribution in [3.8, 4) is 0 Å². The van der Waals surface area contributed by atoms with E-state index in [1.165, 1.54) is 0 Å². The lowest BCUT2D eigenvalue weighted by atomic mass is 9.90. The minimum absolute atomic E-state index is 0.106. The van der Waals surface area contributed by atoms with Gasteiger partial charge in [-0.15, -0.1) is 0 Å². The fourth-order valence-electron chi connectivity index (χ4n) is 2.64. The zero-order chi connectivity index (χ0) is 11.5. The van der Waals surface area contributed by atoms with Crippen LogP contribution in [0.4, 0.5) is 0 Å². The number of amides is 1. The molecule has 5 heteroatoms. The van der Waals surface area contributed by atoms with E-state index < -0.39 is 12.4 Å². The summed E-state index contributed by atoms with van der Waals surface area (Å²) in [7, 11) is 0. The molecule has 2 rings (SSSR count). The number of aliphatic carboxylic acids is 1. The Balaban J connectivity index is 2.01. The Morgan fingerprint density at radius 3 is 2.81 bits per heavy atom. The lowest BCUT2D eigenvalue weighted by Crippen LogP contribution is -2.55. The summed E-state index contributed by atoms with van der Waals surface area (Å²) in [6.07, 6.45) is 3.89. The smallest absolute Gasteiger partial charge is 0.312 e. The molecule has 1 saturated carbocycles. The number of hydrogen-bond donors (Lipinski definition) is 1. The Bertz CT molecular complexity index is 290. The summed E-state index contributed by atoms with van der Waals surface area (Å²) in [6.45, 7) is 1.07. The molecule has 90 valence electrons. The second kappa shape index (κ2) is 4.82. The number of nitrogens with zero attached hydrogens (tertiary/aromatic N) is 1. The van der Waals surface area contributed by atoms with Crippen molar-refractivity contribution in [1.82, 2.24) is 4.90 Å². The molecule has 2 fully saturated rings. The third-order valence-corrected chi connectivity index (χ3v) is 3.35. The first-order chi connectivity index (χ1) is 7.68. The van der Waals surface area contributed by atoms with Gasteiger partial charge in [0.1, 0.15) is 6.42 Å². The van der Waals surface area contributed by atoms with Crippen molar-refractivity contribution in [2.45, 2.75) is 44.2 Å². The lowest BCUT2D eigenvalue weighted by molar-refractivity contribution is -0.154. The molecule has 0 bridgehead atoms. The van der Waals surface area contributed by atoms with Crippen LogP contribution in [0.5, 0.6) is 0 Å². The van der Waals surface area contributed by atoms with Gasteiger partial charge in [-0.1, -0.05) is 12.8 Å². The third-order valence-electron chi connectivity index (χ3n) is 3.35. The highest BCUT2D eigenvalue weighted by Gasteiger charge is 2.36. The number of carbonyl (C=O) groups is 2. The predicted molar refractivity (Wildman–Crippen MR) is 56.0 cm³/mol. The van der Waals surface area contributed by atoms with Crippen molar-refractivity contribution in [1.29, 1.82) is 0 Å². The SMILES string of the molecule is O=C(O)CC(=O)N1CCOC2CCCCC21. The molecule has 1 N–H and O–H groups in total. The maximum Gasteiger partial charge on any atom is 0.312 e. The monoisotopic (exact) mass is 227 g/mol. The highest BCUT2D eigenvalue weighted by atomic mass is 16.5. The molecule has 5 nitrogen and oxygen atoms in total. The number of morpholine rings is 1. The van der Waals surface area contributed by atoms with Gasteiger partial charge in [0.15, 0.2) is 0 Å². The van der Waals surface area contributed by atoms with Crippen molar-refractivity contribution < 1.29 is 19.4 Å². The quantitative estimate of drug-likeness (QED) is 0.703. The lowest BCUT2D eigenvalue weighted by Gasteiger charge is -2.43. The zero-order valence-corrected chi connectivity index (χ0v) is 9.22. The second-order valence-corrected chi connectivity index (χ2v) is 4.42. The molecule has 0 aromatic rings. The van der Waals surface area contributed by atoms with E-state index in [0.717, 1.165) is 25.7 Å². The molecule has 0 aromatic heterocycles. The summed E-state index contributed by atoms with van der Waals surface area (Å²) in [5.74, 6) is -1.32. The molecular formula is C11H17NO4. The highest BCUT2D eigenvalue weighted by molar-refractivity contribution is 5.93. The largest absolute Gasteiger partial charge is 0.481 e. The zero-order valence-electron chi connectivity index (χ0n) is 9.22. The van der Waals surface area contributed by atoms with Crippen LogP contribution < -0.4 is 0 Å². The number of rotatable bonds is 2. The molecule has 1 aliphatic heterocycles. The summed E-state index contributed by atoms with van der Waals surface area (Å²) in [4.78, 5) is 24.0. The first-order valence-electron chi connectivity index (χ1n) is 5.81. The van der Waals surface area contributed by atoms with Crippen LogP contribution in [0.15, 0.2) is 0 Å². The van der Waals surface area contributed by atoms with Crippen LogP contribution in [0.1, 0.15) is 32.1 Å². The number of hydrogen-bond acceptors (Lipinski definition) is 3. The first-order valence-corrected chi connectivity index (χ1v) is 5.81. The van der Waals surface area contributed by atoms with Gasteiger partial charge >= 0.3 is 5.97 Å². The molecule has 2 aliphatic rings. The van der Waals surface area contributed by atoms with Gasteiger partial charge in [-0.25, -0.2) is 0 Å². The fourth-order valence-corrected chi connectivity index (χ4v) is 2.64. The Kier molecular flexibility index (Phi) is 3.43. The van der Waals surface area contributed by atoms with E-state index in [0.29, 0.717) is 13.2 Å². The molecule has 0 radical (unpaired) electrons. The summed E-state index contributed by atoms with van der Waals surface area (Å²) >= 11 is 0. The molecule has 0 aromatic carbocycles. The molecule has 2 unspecified atom stereocenters. The highest BCUT2D eigenvalue weighted by Crippen LogP contribution is 2.28. The van der Waals surface area contributed by atoms with Crippen LogP contribution in [0.3, 0.4) is 0 Å². The number of ether oxygens (including phenoxy) is 1. The number of carboxylic acid groups (broad SMARTS) is 1. The van der Waals surface area contributed by atoms with Crippen LogP contribution in [0, 0.1) is 0 Å². The van der Waals surface area contributed by atoms with E-state index in [2.05, 4.69) is 0 Å². The first kappa shape index (κ1) is 11.4. The van der Waals surface area contributed by atoms with Crippen LogP contribution in [0.25, 0.3) is 0 Å². The average Bonchev–Trinajstić information content (AvgIpc) is 2.27. The molecule has 1 amide bonds. The third kappa shape index (κ3) is 2.35. The van der Waals surface area contributed by atoms with Gasteiger partial charge in [0.05, 0.1) is 18.8 Å². The molecule has 1 saturated heterocycles. The molecule has 0 spiro atoms. The van der Waals surface area contributed by atoms with Gasteiger partial charge < -0.3 is 14.7 Å². The molecule has 1 heterocycles. The van der Waals surface area contributed by atoms with E-state index in [9.17, 15) is 9.59 Å². The van der Waals surface area contributed by atoms with Crippen molar-refractivity contribution in [2.24, 2.45) is 0 Å². The van der Waals surface area contributed by atoms with Crippen molar-refractivity contribution in [2.75, 3.05) is 13.2 Å². The summed E-state index contributed by atoms with van der Waals surface area (Å²) in [5.41, 5.74) is 0. The van der Waals surface area contributed by atoms with Crippen molar-refractivity contribution in [3.05, 3.63) is 0 Å². The van der Waals surface area contributed by atoms with E-state index in [-0.39, 0.29) is 18.1 Å². The summed E-state index contributed by atoms with van der Waals surface area (Å²) in [6, 6.07) is 0.106. The van der Waals surface area contributed by atoms with E-state index in [4.69, 9.17) is 9.84 Å². The average molecular weight is 227 g/mol. The standard InChI is InChI=1S/C11H17NO4/c13-10(7-11(14)15)12-5-6-16-9-4-2-1-3-8(9)12/h8-9H,1-7H2,(H,14,15). The topological polar surface area (TPSA) is 66.8 Å². The van der Waals surface area contributed by atoms with Crippen LogP contribution >= 0.6 is 0 Å². The molecule has 1 aliphatic carbocycles. The Labute approximate surface area is 94.4 Å². The van der Waals surface area contributed by atoms with Gasteiger partial charge in [-0.3, -0.25) is 9.59 Å². The van der Waals surface area contributed by atoms with Gasteiger partial charge in [-0.05, 0) is 12.8 Å². The second-order valence-electron chi connectivity index (χ2n) is 4.42. The van der Waals surface area contributed by atoms with Gasteiger partial charge in [0, 0.05) is 6.54 Å². The van der Waals surface area contributed by atoms with Gasteiger partial charge in [0.25, 0.3) is 0 Å². The maximum atomic E-state index is 11.8. The van der Waals surface area contributed by atoms with Crippen molar-refractivity contribution >= 4 is 11.9 Å². The number of carboxylic acids is 1. The van der Waals surface area contributed by atoms with E-state index in [1.807, 2.05) is 0 Å². The van der Waals surface area contributed by atoms with Gasteiger partial charge in [0.2, 0.25) is 5.91 Å². The van der Waals surface area contributed by atoms with Crippen LogP contribution in [-0.2, 0) is 14.3 Å². The Morgan fingerprint density at radius 1 is 1.31 bits per heavy atom. The summed E-state index contributed by atoms with van der Waals surface area (Å²) in [5, 5.41) is 8.63. The summed E-state index contributed by atoms with van der Waals surface area (Å²) < 4.78 is 5.63. The molecular weight excluding hydrogens is 210 g/mol. The van der Waals surface area contributed by atoms with E-state index in [1.54, 1.807) is 4.90 Å².